The lowest BCUT2D eigenvalue weighted by Gasteiger charge is -2.09. The molecule has 17 heavy (non-hydrogen) atoms. The summed E-state index contributed by atoms with van der Waals surface area (Å²) in [4.78, 5) is 0. The maximum absolute atomic E-state index is 11.8. The largest absolute Gasteiger partial charge is 0.493 e. The average molecular weight is 264 g/mol. The van der Waals surface area contributed by atoms with Gasteiger partial charge in [-0.25, -0.2) is 0 Å². The van der Waals surface area contributed by atoms with Crippen molar-refractivity contribution in [2.24, 2.45) is 0 Å². The highest BCUT2D eigenvalue weighted by atomic mass is 32.2. The van der Waals surface area contributed by atoms with Crippen molar-refractivity contribution in [3.8, 4) is 5.75 Å². The number of alkyl halides is 3. The van der Waals surface area contributed by atoms with Gasteiger partial charge in [-0.2, -0.15) is 13.2 Å². The van der Waals surface area contributed by atoms with Gasteiger partial charge in [0.15, 0.2) is 0 Å². The van der Waals surface area contributed by atoms with Crippen LogP contribution in [0.2, 0.25) is 0 Å². The number of ether oxygens (including phenoxy) is 1. The molecule has 0 saturated carbocycles. The van der Waals surface area contributed by atoms with Gasteiger partial charge in [0.25, 0.3) is 0 Å². The van der Waals surface area contributed by atoms with E-state index in [0.717, 1.165) is 0 Å². The van der Waals surface area contributed by atoms with Crippen LogP contribution in [0.3, 0.4) is 0 Å². The predicted molar refractivity (Wildman–Crippen MR) is 64.5 cm³/mol. The molecule has 0 bridgehead atoms. The summed E-state index contributed by atoms with van der Waals surface area (Å²) in [5.41, 5.74) is -2.99. The van der Waals surface area contributed by atoms with Crippen molar-refractivity contribution in [2.45, 2.75) is 25.3 Å². The van der Waals surface area contributed by atoms with Gasteiger partial charge in [0.2, 0.25) is 0 Å². The lowest BCUT2D eigenvalue weighted by Crippen LogP contribution is -2.07. The van der Waals surface area contributed by atoms with Crippen LogP contribution in [0.25, 0.3) is 0 Å². The van der Waals surface area contributed by atoms with E-state index in [0.29, 0.717) is 11.7 Å². The van der Waals surface area contributed by atoms with Gasteiger partial charge in [0.1, 0.15) is 5.75 Å². The monoisotopic (exact) mass is 264 g/mol. The number of halogens is 3. The van der Waals surface area contributed by atoms with Crippen molar-refractivity contribution in [1.29, 1.82) is 0 Å². The second kappa shape index (κ2) is 6.19. The number of rotatable bonds is 5. The Balaban J connectivity index is 2.33. The Hall–Kier alpha value is -0.840. The molecular formula is C12H15F3OS. The first kappa shape index (κ1) is 14.2. The summed E-state index contributed by atoms with van der Waals surface area (Å²) in [5.74, 6) is 0.956. The molecule has 0 spiro atoms. The van der Waals surface area contributed by atoms with Gasteiger partial charge in [-0.15, -0.1) is 0 Å². The minimum absolute atomic E-state index is 0.0607. The molecule has 0 aliphatic heterocycles. The molecular weight excluding hydrogens is 249 g/mol. The summed E-state index contributed by atoms with van der Waals surface area (Å²) < 4.78 is 40.7. The van der Waals surface area contributed by atoms with Crippen molar-refractivity contribution >= 4 is 11.8 Å². The van der Waals surface area contributed by atoms with E-state index >= 15 is 0 Å². The van der Waals surface area contributed by atoms with Crippen LogP contribution in [-0.2, 0) is 0 Å². The zero-order valence-corrected chi connectivity index (χ0v) is 10.6. The Morgan fingerprint density at radius 3 is 2.24 bits per heavy atom. The van der Waals surface area contributed by atoms with E-state index in [1.54, 1.807) is 12.1 Å². The first-order valence-corrected chi connectivity index (χ1v) is 6.30. The normalized spacial score (nSPS) is 11.9. The summed E-state index contributed by atoms with van der Waals surface area (Å²) in [6, 6.07) is 7.43. The van der Waals surface area contributed by atoms with Crippen molar-refractivity contribution in [2.75, 3.05) is 12.4 Å². The summed E-state index contributed by atoms with van der Waals surface area (Å²) in [6.45, 7) is 4.22. The van der Waals surface area contributed by atoms with E-state index in [1.807, 2.05) is 12.1 Å². The highest BCUT2D eigenvalue weighted by Gasteiger charge is 2.27. The van der Waals surface area contributed by atoms with Gasteiger partial charge >= 0.3 is 5.51 Å². The van der Waals surface area contributed by atoms with Crippen LogP contribution in [0, 0.1) is 0 Å². The zero-order valence-electron chi connectivity index (χ0n) is 9.75. The molecule has 1 aromatic rings. The summed E-state index contributed by atoms with van der Waals surface area (Å²) >= 11 is -0.0641. The van der Waals surface area contributed by atoms with Gasteiger partial charge in [-0.3, -0.25) is 0 Å². The Morgan fingerprint density at radius 2 is 1.76 bits per heavy atom. The number of benzene rings is 1. The van der Waals surface area contributed by atoms with E-state index < -0.39 is 5.51 Å². The summed E-state index contributed by atoms with van der Waals surface area (Å²) in [6.07, 6.45) is 0. The average Bonchev–Trinajstić information content (AvgIpc) is 2.24. The standard InChI is InChI=1S/C12H15F3OS/c1-9(2)10-3-5-11(6-4-10)16-7-8-17-12(13,14)15/h3-6,9H,7-8H2,1-2H3. The van der Waals surface area contributed by atoms with Gasteiger partial charge in [0, 0.05) is 5.75 Å². The highest BCUT2D eigenvalue weighted by Crippen LogP contribution is 2.29. The van der Waals surface area contributed by atoms with E-state index in [-0.39, 0.29) is 24.1 Å². The molecule has 0 amide bonds. The highest BCUT2D eigenvalue weighted by molar-refractivity contribution is 8.00. The number of hydrogen-bond donors (Lipinski definition) is 0. The molecule has 96 valence electrons. The number of thioether (sulfide) groups is 1. The Morgan fingerprint density at radius 1 is 1.18 bits per heavy atom. The molecule has 1 aromatic carbocycles. The lowest BCUT2D eigenvalue weighted by molar-refractivity contribution is -0.0329. The maximum Gasteiger partial charge on any atom is 0.441 e. The molecule has 0 radical (unpaired) electrons. The zero-order chi connectivity index (χ0) is 12.9. The minimum atomic E-state index is -4.18. The molecule has 0 fully saturated rings. The molecule has 0 aliphatic carbocycles. The van der Waals surface area contributed by atoms with Crippen molar-refractivity contribution in [1.82, 2.24) is 0 Å². The minimum Gasteiger partial charge on any atom is -0.493 e. The van der Waals surface area contributed by atoms with Gasteiger partial charge < -0.3 is 4.74 Å². The van der Waals surface area contributed by atoms with Crippen LogP contribution in [0.4, 0.5) is 13.2 Å². The van der Waals surface area contributed by atoms with Crippen LogP contribution >= 0.6 is 11.8 Å². The van der Waals surface area contributed by atoms with Gasteiger partial charge in [0.05, 0.1) is 6.61 Å². The molecule has 0 unspecified atom stereocenters. The first-order valence-electron chi connectivity index (χ1n) is 5.32. The molecule has 0 aliphatic rings. The Bertz CT molecular complexity index is 333. The van der Waals surface area contributed by atoms with Crippen LogP contribution in [0.15, 0.2) is 24.3 Å². The molecule has 0 atom stereocenters. The Kier molecular flexibility index (Phi) is 5.18. The second-order valence-electron chi connectivity index (χ2n) is 3.87. The fourth-order valence-corrected chi connectivity index (χ4v) is 1.66. The van der Waals surface area contributed by atoms with Crippen LogP contribution in [0.1, 0.15) is 25.3 Å². The fraction of sp³-hybridized carbons (Fsp3) is 0.500. The van der Waals surface area contributed by atoms with E-state index in [1.165, 1.54) is 5.56 Å². The van der Waals surface area contributed by atoms with E-state index in [9.17, 15) is 13.2 Å². The predicted octanol–water partition coefficient (Wildman–Crippen LogP) is 4.44. The molecule has 0 aromatic heterocycles. The van der Waals surface area contributed by atoms with E-state index in [2.05, 4.69) is 13.8 Å². The molecule has 5 heteroatoms. The van der Waals surface area contributed by atoms with Crippen LogP contribution in [-0.4, -0.2) is 17.9 Å². The molecule has 1 nitrogen and oxygen atoms in total. The lowest BCUT2D eigenvalue weighted by atomic mass is 10.0. The Labute approximate surface area is 103 Å². The van der Waals surface area contributed by atoms with Crippen LogP contribution in [0.5, 0.6) is 5.75 Å². The fourth-order valence-electron chi connectivity index (χ4n) is 1.27. The first-order chi connectivity index (χ1) is 7.88. The molecule has 0 heterocycles. The van der Waals surface area contributed by atoms with Gasteiger partial charge in [-0.05, 0) is 35.4 Å². The molecule has 0 N–H and O–H groups in total. The van der Waals surface area contributed by atoms with Crippen molar-refractivity contribution < 1.29 is 17.9 Å². The summed E-state index contributed by atoms with van der Waals surface area (Å²) in [7, 11) is 0. The SMILES string of the molecule is CC(C)c1ccc(OCCSC(F)(F)F)cc1. The van der Waals surface area contributed by atoms with Gasteiger partial charge in [-0.1, -0.05) is 26.0 Å². The van der Waals surface area contributed by atoms with E-state index in [4.69, 9.17) is 4.74 Å². The smallest absolute Gasteiger partial charge is 0.441 e. The topological polar surface area (TPSA) is 9.23 Å². The number of hydrogen-bond acceptors (Lipinski definition) is 2. The van der Waals surface area contributed by atoms with Crippen molar-refractivity contribution in [3.05, 3.63) is 29.8 Å². The third kappa shape index (κ3) is 5.86. The summed E-state index contributed by atoms with van der Waals surface area (Å²) in [5, 5.41) is 0. The molecule has 0 saturated heterocycles. The van der Waals surface area contributed by atoms with Crippen LogP contribution < -0.4 is 4.74 Å². The maximum atomic E-state index is 11.8. The quantitative estimate of drug-likeness (QED) is 0.727. The third-order valence-electron chi connectivity index (χ3n) is 2.16. The van der Waals surface area contributed by atoms with Crippen molar-refractivity contribution in [3.63, 3.8) is 0 Å². The second-order valence-corrected chi connectivity index (χ2v) is 5.03. The third-order valence-corrected chi connectivity index (χ3v) is 2.86. The molecule has 1 rings (SSSR count).